The van der Waals surface area contributed by atoms with Gasteiger partial charge in [0.15, 0.2) is 5.82 Å². The Morgan fingerprint density at radius 2 is 1.71 bits per heavy atom. The lowest BCUT2D eigenvalue weighted by molar-refractivity contribution is 0.156. The first-order chi connectivity index (χ1) is 21.7. The molecule has 0 saturated carbocycles. The number of anilines is 1. The lowest BCUT2D eigenvalue weighted by atomic mass is 10.1. The summed E-state index contributed by atoms with van der Waals surface area (Å²) in [6, 6.07) is 23.6. The molecule has 0 atom stereocenters. The maximum absolute atomic E-state index is 14.0. The maximum Gasteiger partial charge on any atom is 0.269 e. The fraction of sp³-hybridized carbons (Fsp3) is 0.265. The summed E-state index contributed by atoms with van der Waals surface area (Å²) < 4.78 is 42.0. The van der Waals surface area contributed by atoms with Gasteiger partial charge in [0.1, 0.15) is 23.1 Å². The molecule has 0 aliphatic heterocycles. The summed E-state index contributed by atoms with van der Waals surface area (Å²) in [6.07, 6.45) is 0.834. The van der Waals surface area contributed by atoms with Gasteiger partial charge in [-0.3, -0.25) is 9.67 Å². The predicted octanol–water partition coefficient (Wildman–Crippen LogP) is 7.54. The molecule has 0 amide bonds. The molecular formula is C34H35N5O4S2. The third-order valence-electron chi connectivity index (χ3n) is 7.60. The van der Waals surface area contributed by atoms with Gasteiger partial charge in [-0.05, 0) is 57.4 Å². The molecule has 0 radical (unpaired) electrons. The van der Waals surface area contributed by atoms with Crippen molar-refractivity contribution in [2.75, 3.05) is 17.6 Å². The first-order valence-corrected chi connectivity index (χ1v) is 17.1. The molecule has 0 fully saturated rings. The molecule has 0 bridgehead atoms. The van der Waals surface area contributed by atoms with Gasteiger partial charge in [-0.15, -0.1) is 11.3 Å². The Morgan fingerprint density at radius 1 is 0.956 bits per heavy atom. The third kappa shape index (κ3) is 6.03. The Morgan fingerprint density at radius 3 is 2.38 bits per heavy atom. The van der Waals surface area contributed by atoms with Crippen LogP contribution in [0.1, 0.15) is 41.4 Å². The second kappa shape index (κ2) is 12.6. The Bertz CT molecular complexity index is 2060. The molecule has 4 heterocycles. The third-order valence-corrected chi connectivity index (χ3v) is 10.6. The molecule has 6 rings (SSSR count). The van der Waals surface area contributed by atoms with E-state index >= 15 is 0 Å². The number of benzene rings is 2. The quantitative estimate of drug-likeness (QED) is 0.135. The van der Waals surface area contributed by atoms with Gasteiger partial charge < -0.3 is 9.26 Å². The first-order valence-electron chi connectivity index (χ1n) is 14.9. The number of rotatable bonds is 11. The number of aromatic nitrogens is 4. The minimum atomic E-state index is -4.01. The monoisotopic (exact) mass is 641 g/mol. The lowest BCUT2D eigenvalue weighted by Crippen LogP contribution is -2.33. The average molecular weight is 642 g/mol. The number of hydrogen-bond acceptors (Lipinski definition) is 8. The van der Waals surface area contributed by atoms with E-state index in [0.29, 0.717) is 23.8 Å². The Hall–Kier alpha value is -4.32. The number of sulfonamides is 1. The van der Waals surface area contributed by atoms with E-state index in [2.05, 4.69) is 30.3 Å². The van der Waals surface area contributed by atoms with Crippen molar-refractivity contribution in [1.82, 2.24) is 19.9 Å². The van der Waals surface area contributed by atoms with Crippen molar-refractivity contribution in [3.63, 3.8) is 0 Å². The number of hydrogen-bond donors (Lipinski definition) is 0. The van der Waals surface area contributed by atoms with E-state index < -0.39 is 10.0 Å². The highest BCUT2D eigenvalue weighted by Gasteiger charge is 2.32. The molecule has 232 valence electrons. The molecule has 0 aliphatic rings. The van der Waals surface area contributed by atoms with Crippen LogP contribution in [0.3, 0.4) is 0 Å². The molecule has 0 unspecified atom stereocenters. The van der Waals surface area contributed by atoms with Crippen molar-refractivity contribution in [2.24, 2.45) is 0 Å². The van der Waals surface area contributed by atoms with Crippen LogP contribution >= 0.6 is 11.3 Å². The lowest BCUT2D eigenvalue weighted by Gasteiger charge is -2.21. The van der Waals surface area contributed by atoms with Crippen LogP contribution < -0.4 is 4.31 Å². The molecule has 11 heteroatoms. The molecule has 2 aromatic carbocycles. The summed E-state index contributed by atoms with van der Waals surface area (Å²) >= 11 is 1.44. The number of thiophene rings is 1. The van der Waals surface area contributed by atoms with Crippen molar-refractivity contribution in [3.05, 3.63) is 100 Å². The summed E-state index contributed by atoms with van der Waals surface area (Å²) in [5, 5.41) is 10.1. The number of pyridine rings is 1. The van der Waals surface area contributed by atoms with Gasteiger partial charge in [-0.25, -0.2) is 12.7 Å². The standard InChI is InChI=1S/C34H35N5O4S2/c1-6-28-19-29-32(24(5)35-28)33(26-11-9-8-10-12-26)36-38(29)20-25-13-15-27(16-14-25)34-30(18-23(4)44-34)45(40,41)39(21-42-7-2)31-17-22(3)43-37-31/h8-19H,6-7,20-21H2,1-5H3. The van der Waals surface area contributed by atoms with Crippen molar-refractivity contribution in [2.45, 2.75) is 52.5 Å². The maximum atomic E-state index is 14.0. The molecule has 0 spiro atoms. The second-order valence-electron chi connectivity index (χ2n) is 10.8. The summed E-state index contributed by atoms with van der Waals surface area (Å²) in [5.41, 5.74) is 6.85. The van der Waals surface area contributed by atoms with Gasteiger partial charge in [-0.1, -0.05) is 66.7 Å². The number of nitrogens with zero attached hydrogens (tertiary/aromatic N) is 5. The van der Waals surface area contributed by atoms with E-state index in [1.165, 1.54) is 11.3 Å². The molecule has 0 saturated heterocycles. The molecule has 0 aliphatic carbocycles. The highest BCUT2D eigenvalue weighted by Crippen LogP contribution is 2.38. The van der Waals surface area contributed by atoms with Crippen LogP contribution in [0.4, 0.5) is 5.82 Å². The minimum Gasteiger partial charge on any atom is -0.360 e. The summed E-state index contributed by atoms with van der Waals surface area (Å²) in [5.74, 6) is 0.696. The number of ether oxygens (including phenoxy) is 1. The van der Waals surface area contributed by atoms with E-state index in [-0.39, 0.29) is 17.4 Å². The topological polar surface area (TPSA) is 103 Å². The molecular weight excluding hydrogens is 607 g/mol. The van der Waals surface area contributed by atoms with Gasteiger partial charge in [0.2, 0.25) is 0 Å². The van der Waals surface area contributed by atoms with Crippen LogP contribution in [0.15, 0.2) is 82.2 Å². The van der Waals surface area contributed by atoms with Crippen LogP contribution in [0.2, 0.25) is 0 Å². The predicted molar refractivity (Wildman–Crippen MR) is 178 cm³/mol. The number of aryl methyl sites for hydroxylation is 4. The molecule has 45 heavy (non-hydrogen) atoms. The summed E-state index contributed by atoms with van der Waals surface area (Å²) in [6.45, 7) is 10.3. The zero-order valence-corrected chi connectivity index (χ0v) is 27.6. The van der Waals surface area contributed by atoms with Crippen molar-refractivity contribution in [1.29, 1.82) is 0 Å². The van der Waals surface area contributed by atoms with Gasteiger partial charge in [0.05, 0.1) is 16.9 Å². The normalized spacial score (nSPS) is 11.8. The highest BCUT2D eigenvalue weighted by atomic mass is 32.2. The SMILES string of the molecule is CCOCN(c1cc(C)on1)S(=O)(=O)c1cc(C)sc1-c1ccc(Cn2nc(-c3ccccc3)c3c(C)nc(CC)cc32)cc1. The van der Waals surface area contributed by atoms with E-state index in [1.54, 1.807) is 19.1 Å². The van der Waals surface area contributed by atoms with Crippen LogP contribution in [0.25, 0.3) is 32.6 Å². The summed E-state index contributed by atoms with van der Waals surface area (Å²) in [4.78, 5) is 6.58. The number of fused-ring (bicyclic) bond motifs is 1. The molecule has 4 aromatic heterocycles. The van der Waals surface area contributed by atoms with Crippen LogP contribution in [0, 0.1) is 20.8 Å². The summed E-state index contributed by atoms with van der Waals surface area (Å²) in [7, 11) is -4.01. The molecule has 0 N–H and O–H groups in total. The molecule has 6 aromatic rings. The average Bonchev–Trinajstić information content (AvgIpc) is 3.75. The fourth-order valence-electron chi connectivity index (χ4n) is 5.38. The Labute approximate surface area is 267 Å². The van der Waals surface area contributed by atoms with E-state index in [4.69, 9.17) is 19.3 Å². The van der Waals surface area contributed by atoms with Crippen LogP contribution in [-0.2, 0) is 27.7 Å². The van der Waals surface area contributed by atoms with E-state index in [0.717, 1.165) is 60.3 Å². The van der Waals surface area contributed by atoms with E-state index in [9.17, 15) is 8.42 Å². The van der Waals surface area contributed by atoms with Crippen molar-refractivity contribution >= 4 is 38.1 Å². The van der Waals surface area contributed by atoms with Crippen LogP contribution in [-0.4, -0.2) is 41.7 Å². The van der Waals surface area contributed by atoms with Gasteiger partial charge in [0.25, 0.3) is 10.0 Å². The van der Waals surface area contributed by atoms with E-state index in [1.807, 2.05) is 67.9 Å². The first kappa shape index (κ1) is 30.7. The zero-order valence-electron chi connectivity index (χ0n) is 25.9. The molecule has 9 nitrogen and oxygen atoms in total. The van der Waals surface area contributed by atoms with Crippen molar-refractivity contribution in [3.8, 4) is 21.7 Å². The van der Waals surface area contributed by atoms with Crippen molar-refractivity contribution < 1.29 is 17.7 Å². The largest absolute Gasteiger partial charge is 0.360 e. The Kier molecular flexibility index (Phi) is 8.59. The fourth-order valence-corrected chi connectivity index (χ4v) is 8.27. The van der Waals surface area contributed by atoms with Gasteiger partial charge in [0, 0.05) is 39.9 Å². The minimum absolute atomic E-state index is 0.171. The van der Waals surface area contributed by atoms with Gasteiger partial charge >= 0.3 is 0 Å². The zero-order chi connectivity index (χ0) is 31.7. The smallest absolute Gasteiger partial charge is 0.269 e. The highest BCUT2D eigenvalue weighted by molar-refractivity contribution is 7.93. The second-order valence-corrected chi connectivity index (χ2v) is 13.9. The van der Waals surface area contributed by atoms with Crippen LogP contribution in [0.5, 0.6) is 0 Å². The van der Waals surface area contributed by atoms with Gasteiger partial charge in [-0.2, -0.15) is 5.10 Å². The Balaban J connectivity index is 1.35.